The van der Waals surface area contributed by atoms with E-state index in [0.29, 0.717) is 0 Å². The largest absolute Gasteiger partial charge is 0.464 e. The van der Waals surface area contributed by atoms with Crippen LogP contribution in [0.5, 0.6) is 0 Å². The van der Waals surface area contributed by atoms with E-state index in [1.165, 1.54) is 0 Å². The second-order valence-electron chi connectivity index (χ2n) is 9.00. The minimum absolute atomic E-state index is 0.187. The van der Waals surface area contributed by atoms with E-state index in [1.807, 2.05) is 59.0 Å². The van der Waals surface area contributed by atoms with Gasteiger partial charge in [0.25, 0.3) is 0 Å². The van der Waals surface area contributed by atoms with Crippen molar-refractivity contribution in [2.24, 2.45) is 11.8 Å². The van der Waals surface area contributed by atoms with Gasteiger partial charge in [-0.1, -0.05) is 45.2 Å². The Bertz CT molecular complexity index is 559. The van der Waals surface area contributed by atoms with Crippen LogP contribution in [0, 0.1) is 11.8 Å². The van der Waals surface area contributed by atoms with Crippen LogP contribution in [-0.2, 0) is 28.6 Å². The number of rotatable bonds is 9. The average molecular weight is 638 g/mol. The molecule has 0 amide bonds. The monoisotopic (exact) mass is 638 g/mol. The van der Waals surface area contributed by atoms with E-state index in [4.69, 9.17) is 14.2 Å². The van der Waals surface area contributed by atoms with Gasteiger partial charge in [-0.2, -0.15) is 0 Å². The number of nitrogens with two attached hydrogens (primary N) is 1. The maximum atomic E-state index is 12.9. The number of carbonyl (C=O) groups is 3. The highest BCUT2D eigenvalue weighted by molar-refractivity contribution is 14.1. The Balaban J connectivity index is 2.82. The molecule has 1 heterocycles. The first-order valence-electron chi connectivity index (χ1n) is 9.91. The fourth-order valence-corrected chi connectivity index (χ4v) is 3.24. The van der Waals surface area contributed by atoms with Crippen molar-refractivity contribution in [2.75, 3.05) is 26.3 Å². The third-order valence-electron chi connectivity index (χ3n) is 4.92. The number of piperidine rings is 1. The number of quaternary nitrogens is 1. The zero-order chi connectivity index (χ0) is 22.5. The lowest BCUT2D eigenvalue weighted by molar-refractivity contribution is -0.665. The number of alkyl halides is 2. The maximum absolute atomic E-state index is 12.9. The molecule has 0 aromatic rings. The van der Waals surface area contributed by atoms with Gasteiger partial charge in [0.2, 0.25) is 0 Å². The molecule has 0 spiro atoms. The molecule has 0 radical (unpaired) electrons. The summed E-state index contributed by atoms with van der Waals surface area (Å²) in [5.41, 5.74) is -0.636. The number of hydrogen-bond donors (Lipinski definition) is 1. The molecule has 1 rings (SSSR count). The zero-order valence-electron chi connectivity index (χ0n) is 18.2. The summed E-state index contributed by atoms with van der Waals surface area (Å²) in [6, 6.07) is 0. The summed E-state index contributed by atoms with van der Waals surface area (Å²) in [5.74, 6) is -1.97. The lowest BCUT2D eigenvalue weighted by Crippen LogP contribution is -2.86. The van der Waals surface area contributed by atoms with Crippen LogP contribution in [0.1, 0.15) is 54.4 Å². The second-order valence-corrected chi connectivity index (χ2v) is 14.4. The van der Waals surface area contributed by atoms with Crippen LogP contribution in [0.2, 0.25) is 0 Å². The number of halogens is 2. The molecule has 0 atom stereocenters. The van der Waals surface area contributed by atoms with Gasteiger partial charge in [-0.05, 0) is 41.5 Å². The third-order valence-corrected chi connectivity index (χ3v) is 5.80. The van der Waals surface area contributed by atoms with Crippen molar-refractivity contribution >= 4 is 63.1 Å². The molecule has 2 N–H and O–H groups in total. The highest BCUT2D eigenvalue weighted by atomic mass is 127. The SMILES string of the molecule is CC(C)(I)C(=O)OCC(COC(=O)C(C)(C)I)C(=O)OC(C)(C)C1CC[NH2+]CC1. The summed E-state index contributed by atoms with van der Waals surface area (Å²) < 4.78 is 15.0. The summed E-state index contributed by atoms with van der Waals surface area (Å²) in [4.78, 5) is 37.2. The van der Waals surface area contributed by atoms with E-state index in [2.05, 4.69) is 5.32 Å². The van der Waals surface area contributed by atoms with Gasteiger partial charge in [0.15, 0.2) is 0 Å². The van der Waals surface area contributed by atoms with Gasteiger partial charge in [-0.15, -0.1) is 0 Å². The van der Waals surface area contributed by atoms with Crippen molar-refractivity contribution in [3.05, 3.63) is 0 Å². The fourth-order valence-electron chi connectivity index (χ4n) is 2.93. The maximum Gasteiger partial charge on any atom is 0.321 e. The van der Waals surface area contributed by atoms with Gasteiger partial charge >= 0.3 is 17.9 Å². The van der Waals surface area contributed by atoms with Gasteiger partial charge < -0.3 is 19.5 Å². The minimum Gasteiger partial charge on any atom is -0.464 e. The second kappa shape index (κ2) is 10.9. The van der Waals surface area contributed by atoms with Crippen LogP contribution < -0.4 is 5.32 Å². The van der Waals surface area contributed by atoms with Gasteiger partial charge in [-0.3, -0.25) is 14.4 Å². The fraction of sp³-hybridized carbons (Fsp3) is 0.850. The molecule has 9 heteroatoms. The number of hydrogen-bond acceptors (Lipinski definition) is 6. The normalized spacial score (nSPS) is 16.4. The Hall–Kier alpha value is -0.170. The number of ether oxygens (including phenoxy) is 3. The first-order chi connectivity index (χ1) is 13.1. The molecule has 0 aromatic heterocycles. The topological polar surface area (TPSA) is 95.5 Å². The minimum atomic E-state index is -0.866. The average Bonchev–Trinajstić information content (AvgIpc) is 2.59. The van der Waals surface area contributed by atoms with Gasteiger partial charge in [-0.25, -0.2) is 0 Å². The standard InChI is InChI=1S/C20H33I2NO6/c1-18(2,21)16(25)27-11-13(12-28-17(26)19(3,4)22)15(24)29-20(5,6)14-7-9-23-10-8-14/h13-14,23H,7-12H2,1-6H3/p+1. The summed E-state index contributed by atoms with van der Waals surface area (Å²) in [7, 11) is 0. The van der Waals surface area contributed by atoms with Gasteiger partial charge in [0.05, 0.1) is 13.1 Å². The number of esters is 3. The summed E-state index contributed by atoms with van der Waals surface area (Å²) in [5, 5.41) is 2.26. The molecule has 0 unspecified atom stereocenters. The smallest absolute Gasteiger partial charge is 0.321 e. The van der Waals surface area contributed by atoms with Crippen LogP contribution in [0.4, 0.5) is 0 Å². The molecule has 0 aliphatic carbocycles. The Morgan fingerprint density at radius 1 is 0.897 bits per heavy atom. The Labute approximate surface area is 201 Å². The van der Waals surface area contributed by atoms with Crippen LogP contribution >= 0.6 is 45.2 Å². The molecule has 7 nitrogen and oxygen atoms in total. The first-order valence-corrected chi connectivity index (χ1v) is 12.1. The van der Waals surface area contributed by atoms with Crippen molar-refractivity contribution in [1.29, 1.82) is 0 Å². The first kappa shape index (κ1) is 26.9. The lowest BCUT2D eigenvalue weighted by atomic mass is 9.83. The number of carbonyl (C=O) groups excluding carboxylic acids is 3. The van der Waals surface area contributed by atoms with Crippen LogP contribution in [0.25, 0.3) is 0 Å². The van der Waals surface area contributed by atoms with Crippen molar-refractivity contribution in [1.82, 2.24) is 0 Å². The van der Waals surface area contributed by atoms with E-state index in [9.17, 15) is 14.4 Å². The van der Waals surface area contributed by atoms with Crippen molar-refractivity contribution in [2.45, 2.75) is 66.8 Å². The molecule has 1 saturated heterocycles. The molecule has 29 heavy (non-hydrogen) atoms. The molecule has 0 bridgehead atoms. The van der Waals surface area contributed by atoms with Crippen LogP contribution in [-0.4, -0.2) is 56.7 Å². The third kappa shape index (κ3) is 9.24. The van der Waals surface area contributed by atoms with Crippen LogP contribution in [0.3, 0.4) is 0 Å². The van der Waals surface area contributed by atoms with Crippen molar-refractivity contribution in [3.63, 3.8) is 0 Å². The molecule has 1 fully saturated rings. The quantitative estimate of drug-likeness (QED) is 0.181. The van der Waals surface area contributed by atoms with Crippen molar-refractivity contribution in [3.8, 4) is 0 Å². The molecule has 1 aliphatic rings. The van der Waals surface area contributed by atoms with Gasteiger partial charge in [0.1, 0.15) is 31.6 Å². The van der Waals surface area contributed by atoms with E-state index >= 15 is 0 Å². The van der Waals surface area contributed by atoms with E-state index < -0.39 is 36.3 Å². The molecule has 1 aliphatic heterocycles. The predicted molar refractivity (Wildman–Crippen MR) is 126 cm³/mol. The highest BCUT2D eigenvalue weighted by Gasteiger charge is 2.38. The van der Waals surface area contributed by atoms with Gasteiger partial charge in [0, 0.05) is 18.8 Å². The van der Waals surface area contributed by atoms with E-state index in [-0.39, 0.29) is 19.1 Å². The summed E-state index contributed by atoms with van der Waals surface area (Å²) in [6.07, 6.45) is 1.95. The Kier molecular flexibility index (Phi) is 10.1. The van der Waals surface area contributed by atoms with E-state index in [0.717, 1.165) is 25.9 Å². The summed E-state index contributed by atoms with van der Waals surface area (Å²) >= 11 is 3.96. The molecule has 0 saturated carbocycles. The zero-order valence-corrected chi connectivity index (χ0v) is 22.5. The molecule has 0 aromatic carbocycles. The Morgan fingerprint density at radius 2 is 1.31 bits per heavy atom. The lowest BCUT2D eigenvalue weighted by Gasteiger charge is -2.36. The van der Waals surface area contributed by atoms with E-state index in [1.54, 1.807) is 27.7 Å². The Morgan fingerprint density at radius 3 is 1.69 bits per heavy atom. The predicted octanol–water partition coefficient (Wildman–Crippen LogP) is 2.41. The summed E-state index contributed by atoms with van der Waals surface area (Å²) in [6.45, 7) is 12.4. The molecular weight excluding hydrogens is 604 g/mol. The highest BCUT2D eigenvalue weighted by Crippen LogP contribution is 2.29. The van der Waals surface area contributed by atoms with Crippen LogP contribution in [0.15, 0.2) is 0 Å². The molecule has 168 valence electrons. The van der Waals surface area contributed by atoms with Crippen molar-refractivity contribution < 1.29 is 33.9 Å². The molecular formula is C20H34I2NO6+.